The Morgan fingerprint density at radius 1 is 0.302 bits per heavy atom. The van der Waals surface area contributed by atoms with Crippen molar-refractivity contribution in [3.05, 3.63) is 270 Å². The summed E-state index contributed by atoms with van der Waals surface area (Å²) in [4.78, 5) is 142. The van der Waals surface area contributed by atoms with Gasteiger partial charge in [0.15, 0.2) is 25.8 Å². The number of hydrogen-bond donors (Lipinski definition) is 10. The first-order valence-corrected chi connectivity index (χ1v) is 53.1. The Bertz CT molecular complexity index is 7400. The molecule has 5 amide bonds. The van der Waals surface area contributed by atoms with Gasteiger partial charge in [-0.15, -0.1) is 0 Å². The number of carboxylic acids is 5. The second-order valence-electron chi connectivity index (χ2n) is 39.8. The van der Waals surface area contributed by atoms with E-state index in [9.17, 15) is 47.9 Å². The predicted octanol–water partition coefficient (Wildman–Crippen LogP) is 21.8. The van der Waals surface area contributed by atoms with Crippen molar-refractivity contribution in [3.63, 3.8) is 0 Å². The van der Waals surface area contributed by atoms with Crippen molar-refractivity contribution in [1.29, 1.82) is 0 Å². The number of thioether (sulfide) groups is 5. The quantitative estimate of drug-likeness (QED) is 0.0171. The van der Waals surface area contributed by atoms with E-state index in [1.54, 1.807) is 100 Å². The maximum Gasteiger partial charge on any atom is 0.325 e. The first kappa shape index (κ1) is 114. The molecule has 149 heavy (non-hydrogen) atoms. The van der Waals surface area contributed by atoms with Gasteiger partial charge in [-0.05, 0) is 256 Å². The lowest BCUT2D eigenvalue weighted by molar-refractivity contribution is -0.141. The van der Waals surface area contributed by atoms with Gasteiger partial charge < -0.3 is 52.1 Å². The third kappa shape index (κ3) is 26.6. The standard InChI is InChI=1S/C24H27N3O3S.C24H29N3O3S.C23H27N3O3S.C22H25N3O3S.C21H23N3O3S/c1-14-13-25-23(31-24(3,4)22(30)26-15(2)21(28)29)27(14)20-12-11-17(16-9-10-16)18-7-5-6-8-19(18)20;1-14(2)17-11-12-20(19-10-8-7-9-18(17)19)27-15(3)13-25-23(27)31-24(5,6)22(30)26-16(4)21(28)29;1-6-16-11-12-19(18-10-8-7-9-17(16)18)26-14(2)13-24-22(26)30-23(4,5)21(29)25-15(3)20(27)28;1-13-10-11-18(17-9-7-6-8-16(13)17)25-14(2)12-23-21(25)29-22(4,5)20(28)24-15(3)19(26)27;1-13-12-22-20(28-21(3,4)19(27)23-14(2)18(25)26)24(13)17-11-7-9-15-8-5-6-10-16(15)17/h5-8,11-13,15-16H,9-10H2,1-4H3,(H,26,30)(H,28,29);7-14,16H,1-6H3,(H,26,30)(H,28,29);7-13,15H,6H2,1-5H3,(H,25,29)(H,27,28);6-12,15H,1-5H3,(H,24,28)(H,26,27);5-12,14H,1-4H3,(H,23,27)(H,25,26). The fraction of sp³-hybridized carbons (Fsp3) is 0.342. The molecule has 10 N–H and O–H groups in total. The smallest absolute Gasteiger partial charge is 0.325 e. The zero-order chi connectivity index (χ0) is 109. The minimum absolute atomic E-state index is 0.339. The average molecular weight is 2110 g/mol. The summed E-state index contributed by atoms with van der Waals surface area (Å²) in [5.41, 5.74) is 15.0. The topological polar surface area (TPSA) is 421 Å². The summed E-state index contributed by atoms with van der Waals surface area (Å²) in [5, 5.41) is 73.2. The summed E-state index contributed by atoms with van der Waals surface area (Å²) in [6.07, 6.45) is 12.4. The number of amides is 5. The normalized spacial score (nSPS) is 13.2. The first-order valence-electron chi connectivity index (χ1n) is 49.1. The van der Waals surface area contributed by atoms with Gasteiger partial charge in [-0.25, -0.2) is 24.9 Å². The van der Waals surface area contributed by atoms with Crippen LogP contribution in [0.5, 0.6) is 0 Å². The van der Waals surface area contributed by atoms with E-state index in [4.69, 9.17) is 25.5 Å². The molecule has 5 atom stereocenters. The van der Waals surface area contributed by atoms with Gasteiger partial charge in [-0.3, -0.25) is 70.8 Å². The minimum Gasteiger partial charge on any atom is -0.480 e. The van der Waals surface area contributed by atoms with Crippen LogP contribution in [-0.4, -0.2) is 187 Å². The van der Waals surface area contributed by atoms with Crippen LogP contribution in [0.25, 0.3) is 82.3 Å². The number of nitrogens with zero attached hydrogens (tertiary/aromatic N) is 10. The zero-order valence-electron chi connectivity index (χ0n) is 88.3. The monoisotopic (exact) mass is 2110 g/mol. The number of aromatic nitrogens is 10. The maximum atomic E-state index is 12.7. The van der Waals surface area contributed by atoms with Crippen molar-refractivity contribution in [2.45, 2.75) is 277 Å². The fourth-order valence-electron chi connectivity index (χ4n) is 16.6. The molecule has 1 saturated carbocycles. The number of fused-ring (bicyclic) bond motifs is 5. The molecule has 10 aromatic carbocycles. The first-order chi connectivity index (χ1) is 70.2. The Morgan fingerprint density at radius 2 is 0.550 bits per heavy atom. The molecule has 5 unspecified atom stereocenters. The molecule has 1 aliphatic carbocycles. The van der Waals surface area contributed by atoms with Gasteiger partial charge in [0, 0.05) is 86.4 Å². The molecule has 30 nitrogen and oxygen atoms in total. The molecule has 15 aromatic rings. The lowest BCUT2D eigenvalue weighted by Crippen LogP contribution is -2.47. The van der Waals surface area contributed by atoms with Crippen LogP contribution in [-0.2, 0) is 54.4 Å². The van der Waals surface area contributed by atoms with Crippen molar-refractivity contribution in [3.8, 4) is 28.4 Å². The summed E-state index contributed by atoms with van der Waals surface area (Å²) in [6, 6.07) is 59.7. The van der Waals surface area contributed by atoms with Crippen LogP contribution in [0.4, 0.5) is 0 Å². The molecule has 1 fully saturated rings. The summed E-state index contributed by atoms with van der Waals surface area (Å²) < 4.78 is 5.76. The van der Waals surface area contributed by atoms with E-state index >= 15 is 0 Å². The van der Waals surface area contributed by atoms with E-state index in [2.05, 4.69) is 214 Å². The van der Waals surface area contributed by atoms with Crippen molar-refractivity contribution < 1.29 is 73.5 Å². The van der Waals surface area contributed by atoms with Gasteiger partial charge in [-0.1, -0.05) is 237 Å². The highest BCUT2D eigenvalue weighted by atomic mass is 32.2. The molecule has 1 aliphatic rings. The second kappa shape index (κ2) is 47.7. The molecule has 0 radical (unpaired) electrons. The molecule has 0 saturated heterocycles. The Hall–Kier alpha value is -14.0. The highest BCUT2D eigenvalue weighted by Gasteiger charge is 2.40. The largest absolute Gasteiger partial charge is 0.480 e. The summed E-state index contributed by atoms with van der Waals surface area (Å²) >= 11 is 6.57. The highest BCUT2D eigenvalue weighted by Crippen LogP contribution is 2.47. The number of benzene rings is 10. The number of rotatable bonds is 33. The maximum absolute atomic E-state index is 12.7. The molecule has 35 heteroatoms. The van der Waals surface area contributed by atoms with E-state index in [0.717, 1.165) is 95.6 Å². The average Bonchev–Trinajstić information content (AvgIpc) is 1.64. The molecular weight excluding hydrogens is 1980 g/mol. The Kier molecular flexibility index (Phi) is 36.4. The van der Waals surface area contributed by atoms with Crippen LogP contribution < -0.4 is 26.6 Å². The molecule has 0 spiro atoms. The van der Waals surface area contributed by atoms with Crippen LogP contribution in [0.15, 0.2) is 245 Å². The van der Waals surface area contributed by atoms with E-state index in [0.29, 0.717) is 37.6 Å². The third-order valence-electron chi connectivity index (χ3n) is 25.6. The Balaban J connectivity index is 0.000000165. The van der Waals surface area contributed by atoms with Gasteiger partial charge >= 0.3 is 29.8 Å². The molecular formula is C114H131N15O15S5. The van der Waals surface area contributed by atoms with Crippen molar-refractivity contribution in [1.82, 2.24) is 74.3 Å². The Labute approximate surface area is 888 Å². The van der Waals surface area contributed by atoms with Crippen LogP contribution in [0.3, 0.4) is 0 Å². The van der Waals surface area contributed by atoms with Crippen LogP contribution in [0, 0.1) is 41.5 Å². The molecule has 16 rings (SSSR count). The van der Waals surface area contributed by atoms with Crippen molar-refractivity contribution in [2.75, 3.05) is 0 Å². The number of aryl methyl sites for hydroxylation is 7. The second-order valence-corrected chi connectivity index (χ2v) is 47.7. The molecule has 5 aromatic heterocycles. The number of carboxylic acid groups (broad SMARTS) is 5. The van der Waals surface area contributed by atoms with Crippen molar-refractivity contribution in [2.24, 2.45) is 0 Å². The number of imidazole rings is 5. The number of carbonyl (C=O) groups excluding carboxylic acids is 5. The van der Waals surface area contributed by atoms with Crippen LogP contribution >= 0.6 is 58.8 Å². The van der Waals surface area contributed by atoms with Crippen molar-refractivity contribution >= 4 is 172 Å². The molecule has 0 aliphatic heterocycles. The number of nitrogens with one attached hydrogen (secondary N) is 5. The fourth-order valence-corrected chi connectivity index (χ4v) is 21.8. The molecule has 5 heterocycles. The zero-order valence-corrected chi connectivity index (χ0v) is 92.4. The predicted molar refractivity (Wildman–Crippen MR) is 595 cm³/mol. The SMILES string of the molecule is CCc1ccc(-n2c(C)cnc2SC(C)(C)C(=O)NC(C)C(=O)O)c2ccccc12.Cc1ccc(-n2c(C)cnc2SC(C)(C)C(=O)NC(C)C(=O)O)c2ccccc12.Cc1cnc(SC(C)(C)C(=O)NC(C)C(=O)O)n1-c1ccc(C(C)C)c2ccccc12.Cc1cnc(SC(C)(C)C(=O)NC(C)C(=O)O)n1-c1ccc(C2CC2)c2ccccc12.Cc1cnc(SC(C)(C)C(=O)NC(C)C(=O)O)n1-c1cccc2ccccc12. The van der Waals surface area contributed by atoms with Crippen LogP contribution in [0.2, 0.25) is 0 Å². The van der Waals surface area contributed by atoms with Gasteiger partial charge in [0.1, 0.15) is 30.2 Å². The summed E-state index contributed by atoms with van der Waals surface area (Å²) in [5.74, 6) is -6.01. The Morgan fingerprint density at radius 3 is 0.866 bits per heavy atom. The number of hydrogen-bond acceptors (Lipinski definition) is 20. The third-order valence-corrected chi connectivity index (χ3v) is 31.4. The molecule has 0 bridgehead atoms. The lowest BCUT2D eigenvalue weighted by atomic mass is 9.95. The van der Waals surface area contributed by atoms with Crippen LogP contribution in [0.1, 0.15) is 200 Å². The van der Waals surface area contributed by atoms with Gasteiger partial charge in [0.05, 0.1) is 52.2 Å². The van der Waals surface area contributed by atoms with E-state index < -0.39 is 83.8 Å². The van der Waals surface area contributed by atoms with Gasteiger partial charge in [0.2, 0.25) is 29.5 Å². The highest BCUT2D eigenvalue weighted by molar-refractivity contribution is 8.02. The number of carbonyl (C=O) groups is 10. The van der Waals surface area contributed by atoms with E-state index in [-0.39, 0.29) is 29.5 Å². The summed E-state index contributed by atoms with van der Waals surface area (Å²) in [6.45, 7) is 43.5. The minimum atomic E-state index is -1.07. The van der Waals surface area contributed by atoms with E-state index in [1.165, 1.54) is 150 Å². The summed E-state index contributed by atoms with van der Waals surface area (Å²) in [7, 11) is 0. The van der Waals surface area contributed by atoms with Gasteiger partial charge in [0.25, 0.3) is 0 Å². The number of aliphatic carboxylic acids is 5. The van der Waals surface area contributed by atoms with E-state index in [1.807, 2.05) is 110 Å². The molecule has 782 valence electrons. The van der Waals surface area contributed by atoms with Gasteiger partial charge in [-0.2, -0.15) is 0 Å². The lowest BCUT2D eigenvalue weighted by Gasteiger charge is -2.25.